The third-order valence-corrected chi connectivity index (χ3v) is 3.02. The molecule has 6 heteroatoms. The zero-order valence-electron chi connectivity index (χ0n) is 10.2. The average molecular weight is 253 g/mol. The monoisotopic (exact) mass is 253 g/mol. The number of nitrogens with one attached hydrogen (secondary N) is 1. The molecule has 1 aromatic heterocycles. The van der Waals surface area contributed by atoms with Gasteiger partial charge in [0.05, 0.1) is 31.1 Å². The third-order valence-electron chi connectivity index (χ3n) is 3.02. The van der Waals surface area contributed by atoms with E-state index in [1.807, 2.05) is 0 Å². The molecule has 2 rings (SSSR count). The predicted octanol–water partition coefficient (Wildman–Crippen LogP) is 0.563. The lowest BCUT2D eigenvalue weighted by Gasteiger charge is -2.28. The van der Waals surface area contributed by atoms with Gasteiger partial charge in [-0.05, 0) is 12.8 Å². The number of rotatable bonds is 5. The van der Waals surface area contributed by atoms with Crippen LogP contribution in [0.25, 0.3) is 0 Å². The molecule has 1 aromatic rings. The minimum Gasteiger partial charge on any atom is -0.474 e. The van der Waals surface area contributed by atoms with E-state index in [1.165, 1.54) is 6.20 Å². The first-order valence-corrected chi connectivity index (χ1v) is 6.30. The van der Waals surface area contributed by atoms with Crippen molar-refractivity contribution in [3.63, 3.8) is 0 Å². The minimum absolute atomic E-state index is 0.0288. The van der Waals surface area contributed by atoms with Crippen molar-refractivity contribution >= 4 is 5.82 Å². The number of nitrogens with zero attached hydrogens (tertiary/aromatic N) is 2. The highest BCUT2D eigenvalue weighted by Crippen LogP contribution is 2.21. The van der Waals surface area contributed by atoms with Crippen LogP contribution in [-0.2, 0) is 0 Å². The zero-order chi connectivity index (χ0) is 12.8. The number of anilines is 1. The van der Waals surface area contributed by atoms with Gasteiger partial charge < -0.3 is 20.3 Å². The zero-order valence-corrected chi connectivity index (χ0v) is 10.2. The van der Waals surface area contributed by atoms with E-state index in [0.29, 0.717) is 11.7 Å². The fraction of sp³-hybridized carbons (Fsp3) is 0.667. The van der Waals surface area contributed by atoms with Crippen molar-refractivity contribution in [2.45, 2.75) is 37.8 Å². The van der Waals surface area contributed by atoms with Gasteiger partial charge in [0.1, 0.15) is 12.4 Å². The molecule has 0 amide bonds. The van der Waals surface area contributed by atoms with Crippen LogP contribution in [0.1, 0.15) is 25.7 Å². The van der Waals surface area contributed by atoms with Crippen LogP contribution < -0.4 is 10.1 Å². The van der Waals surface area contributed by atoms with E-state index in [4.69, 9.17) is 9.84 Å². The molecule has 18 heavy (non-hydrogen) atoms. The first kappa shape index (κ1) is 13.0. The largest absolute Gasteiger partial charge is 0.474 e. The molecule has 0 radical (unpaired) electrons. The normalized spacial score (nSPS) is 23.7. The summed E-state index contributed by atoms with van der Waals surface area (Å²) in [4.78, 5) is 8.24. The Morgan fingerprint density at radius 2 is 2.17 bits per heavy atom. The van der Waals surface area contributed by atoms with E-state index in [0.717, 1.165) is 25.7 Å². The molecule has 1 aliphatic carbocycles. The number of hydrogen-bond acceptors (Lipinski definition) is 6. The minimum atomic E-state index is -0.331. The van der Waals surface area contributed by atoms with Crippen LogP contribution in [0.2, 0.25) is 0 Å². The molecule has 1 heterocycles. The lowest BCUT2D eigenvalue weighted by Crippen LogP contribution is -2.36. The molecule has 2 atom stereocenters. The van der Waals surface area contributed by atoms with Crippen molar-refractivity contribution in [2.24, 2.45) is 0 Å². The third kappa shape index (κ3) is 3.54. The molecule has 6 nitrogen and oxygen atoms in total. The topological polar surface area (TPSA) is 87.5 Å². The first-order chi connectivity index (χ1) is 8.79. The summed E-state index contributed by atoms with van der Waals surface area (Å²) in [5.74, 6) is 0.968. The van der Waals surface area contributed by atoms with Crippen LogP contribution in [0.3, 0.4) is 0 Å². The molecule has 0 aliphatic heterocycles. The predicted molar refractivity (Wildman–Crippen MR) is 66.5 cm³/mol. The van der Waals surface area contributed by atoms with Crippen LogP contribution in [0, 0.1) is 0 Å². The summed E-state index contributed by atoms with van der Waals surface area (Å²) in [5, 5.41) is 21.7. The Bertz CT molecular complexity index is 375. The van der Waals surface area contributed by atoms with E-state index in [1.54, 1.807) is 6.20 Å². The second kappa shape index (κ2) is 6.51. The molecular formula is C12H19N3O3. The highest BCUT2D eigenvalue weighted by Gasteiger charge is 2.23. The van der Waals surface area contributed by atoms with Crippen LogP contribution >= 0.6 is 0 Å². The smallest absolute Gasteiger partial charge is 0.234 e. The van der Waals surface area contributed by atoms with Gasteiger partial charge in [0.15, 0.2) is 0 Å². The van der Waals surface area contributed by atoms with Gasteiger partial charge in [0.2, 0.25) is 5.88 Å². The molecule has 0 spiro atoms. The van der Waals surface area contributed by atoms with Gasteiger partial charge in [-0.1, -0.05) is 12.8 Å². The standard InChI is InChI=1S/C12H19N3O3/c16-5-6-18-12-8-13-7-11(15-12)14-9-3-1-2-4-10(9)17/h7-10,16-17H,1-6H2,(H,14,15)/t9-,10-/m1/s1. The Hall–Kier alpha value is -1.40. The van der Waals surface area contributed by atoms with Crippen molar-refractivity contribution < 1.29 is 14.9 Å². The fourth-order valence-electron chi connectivity index (χ4n) is 2.11. The summed E-state index contributed by atoms with van der Waals surface area (Å²) < 4.78 is 5.19. The number of hydrogen-bond donors (Lipinski definition) is 3. The second-order valence-corrected chi connectivity index (χ2v) is 4.42. The highest BCUT2D eigenvalue weighted by atomic mass is 16.5. The van der Waals surface area contributed by atoms with Crippen LogP contribution in [0.4, 0.5) is 5.82 Å². The average Bonchev–Trinajstić information content (AvgIpc) is 2.40. The number of aromatic nitrogens is 2. The van der Waals surface area contributed by atoms with Crippen molar-refractivity contribution in [3.8, 4) is 5.88 Å². The van der Waals surface area contributed by atoms with E-state index in [9.17, 15) is 5.11 Å². The molecule has 0 saturated heterocycles. The van der Waals surface area contributed by atoms with Gasteiger partial charge in [0.25, 0.3) is 0 Å². The van der Waals surface area contributed by atoms with Gasteiger partial charge in [0, 0.05) is 0 Å². The Kier molecular flexibility index (Phi) is 4.72. The van der Waals surface area contributed by atoms with Crippen molar-refractivity contribution in [1.82, 2.24) is 9.97 Å². The molecule has 0 unspecified atom stereocenters. The molecule has 1 fully saturated rings. The van der Waals surface area contributed by atoms with Gasteiger partial charge in [-0.3, -0.25) is 4.98 Å². The van der Waals surface area contributed by atoms with Crippen LogP contribution in [0.5, 0.6) is 5.88 Å². The lowest BCUT2D eigenvalue weighted by molar-refractivity contribution is 0.116. The Morgan fingerprint density at radius 3 is 2.94 bits per heavy atom. The van der Waals surface area contributed by atoms with Gasteiger partial charge in [-0.2, -0.15) is 4.98 Å². The Morgan fingerprint density at radius 1 is 1.33 bits per heavy atom. The van der Waals surface area contributed by atoms with Gasteiger partial charge in [-0.15, -0.1) is 0 Å². The van der Waals surface area contributed by atoms with Crippen molar-refractivity contribution in [2.75, 3.05) is 18.5 Å². The summed E-state index contributed by atoms with van der Waals surface area (Å²) in [6.45, 7) is 0.144. The van der Waals surface area contributed by atoms with Crippen molar-refractivity contribution in [3.05, 3.63) is 12.4 Å². The number of ether oxygens (including phenoxy) is 1. The van der Waals surface area contributed by atoms with Crippen molar-refractivity contribution in [1.29, 1.82) is 0 Å². The molecule has 0 bridgehead atoms. The summed E-state index contributed by atoms with van der Waals surface area (Å²) in [7, 11) is 0. The summed E-state index contributed by atoms with van der Waals surface area (Å²) >= 11 is 0. The van der Waals surface area contributed by atoms with Crippen LogP contribution in [-0.4, -0.2) is 45.5 Å². The van der Waals surface area contributed by atoms with E-state index in [-0.39, 0.29) is 25.4 Å². The van der Waals surface area contributed by atoms with Crippen LogP contribution in [0.15, 0.2) is 12.4 Å². The SMILES string of the molecule is OCCOc1cncc(N[C@@H]2CCCC[C@H]2O)n1. The number of aliphatic hydroxyl groups is 2. The number of aliphatic hydroxyl groups excluding tert-OH is 2. The fourth-order valence-corrected chi connectivity index (χ4v) is 2.11. The Labute approximate surface area is 106 Å². The molecule has 0 aromatic carbocycles. The second-order valence-electron chi connectivity index (χ2n) is 4.42. The van der Waals surface area contributed by atoms with E-state index in [2.05, 4.69) is 15.3 Å². The van der Waals surface area contributed by atoms with E-state index >= 15 is 0 Å². The molecule has 1 aliphatic rings. The summed E-state index contributed by atoms with van der Waals surface area (Å²) in [6, 6.07) is 0.0288. The quantitative estimate of drug-likeness (QED) is 0.711. The molecule has 3 N–H and O–H groups in total. The summed E-state index contributed by atoms with van der Waals surface area (Å²) in [5.41, 5.74) is 0. The van der Waals surface area contributed by atoms with Gasteiger partial charge >= 0.3 is 0 Å². The maximum Gasteiger partial charge on any atom is 0.234 e. The van der Waals surface area contributed by atoms with E-state index < -0.39 is 0 Å². The highest BCUT2D eigenvalue weighted by molar-refractivity contribution is 5.35. The maximum absolute atomic E-state index is 9.87. The van der Waals surface area contributed by atoms with Gasteiger partial charge in [-0.25, -0.2) is 0 Å². The summed E-state index contributed by atoms with van der Waals surface area (Å²) in [6.07, 6.45) is 6.72. The molecule has 100 valence electrons. The molecule has 1 saturated carbocycles. The Balaban J connectivity index is 1.95. The maximum atomic E-state index is 9.87. The molecular weight excluding hydrogens is 234 g/mol. The first-order valence-electron chi connectivity index (χ1n) is 6.30. The lowest BCUT2D eigenvalue weighted by atomic mass is 9.93.